The molecule has 6 heteroatoms. The van der Waals surface area contributed by atoms with Gasteiger partial charge >= 0.3 is 5.97 Å². The van der Waals surface area contributed by atoms with E-state index in [0.29, 0.717) is 22.7 Å². The average Bonchev–Trinajstić information content (AvgIpc) is 3.03. The van der Waals surface area contributed by atoms with E-state index in [1.807, 2.05) is 36.4 Å². The topological polar surface area (TPSA) is 61.2 Å². The van der Waals surface area contributed by atoms with Gasteiger partial charge in [-0.1, -0.05) is 44.2 Å². The average molecular weight is 356 g/mol. The van der Waals surface area contributed by atoms with Crippen LogP contribution in [-0.2, 0) is 16.1 Å². The van der Waals surface area contributed by atoms with Gasteiger partial charge in [0.2, 0.25) is 0 Å². The third-order valence-corrected chi connectivity index (χ3v) is 4.93. The zero-order chi connectivity index (χ0) is 17.8. The van der Waals surface area contributed by atoms with Crippen LogP contribution in [0.25, 0.3) is 20.7 Å². The van der Waals surface area contributed by atoms with Crippen molar-refractivity contribution in [1.29, 1.82) is 0 Å². The zero-order valence-corrected chi connectivity index (χ0v) is 15.1. The van der Waals surface area contributed by atoms with Crippen molar-refractivity contribution < 1.29 is 9.53 Å². The van der Waals surface area contributed by atoms with Crippen LogP contribution in [0, 0.1) is 5.92 Å². The molecule has 0 fully saturated rings. The number of carbonyl (C=O) groups is 1. The molecule has 0 aliphatic heterocycles. The lowest BCUT2D eigenvalue weighted by Crippen LogP contribution is -2.25. The highest BCUT2D eigenvalue weighted by molar-refractivity contribution is 7.21. The van der Waals surface area contributed by atoms with Gasteiger partial charge in [0.05, 0.1) is 18.3 Å². The van der Waals surface area contributed by atoms with Gasteiger partial charge in [0, 0.05) is 4.88 Å². The van der Waals surface area contributed by atoms with Crippen LogP contribution < -0.4 is 5.56 Å². The molecule has 2 heterocycles. The van der Waals surface area contributed by atoms with Gasteiger partial charge in [-0.3, -0.25) is 14.2 Å². The van der Waals surface area contributed by atoms with Crippen LogP contribution in [0.15, 0.2) is 47.5 Å². The van der Waals surface area contributed by atoms with Crippen molar-refractivity contribution in [2.75, 3.05) is 6.61 Å². The van der Waals surface area contributed by atoms with Crippen LogP contribution in [0.5, 0.6) is 0 Å². The van der Waals surface area contributed by atoms with Crippen molar-refractivity contribution in [3.63, 3.8) is 0 Å². The number of hydrogen-bond donors (Lipinski definition) is 0. The lowest BCUT2D eigenvalue weighted by atomic mass is 10.1. The Kier molecular flexibility index (Phi) is 5.28. The molecule has 0 unspecified atom stereocenters. The quantitative estimate of drug-likeness (QED) is 0.632. The summed E-state index contributed by atoms with van der Waals surface area (Å²) in [6.07, 6.45) is 2.22. The Morgan fingerprint density at radius 3 is 2.76 bits per heavy atom. The minimum absolute atomic E-state index is 0.115. The van der Waals surface area contributed by atoms with Crippen molar-refractivity contribution >= 4 is 27.5 Å². The van der Waals surface area contributed by atoms with Crippen LogP contribution >= 0.6 is 11.3 Å². The van der Waals surface area contributed by atoms with Gasteiger partial charge in [-0.2, -0.15) is 0 Å². The Morgan fingerprint density at radius 1 is 1.28 bits per heavy atom. The Balaban J connectivity index is 1.80. The largest absolute Gasteiger partial charge is 0.464 e. The molecule has 0 aliphatic rings. The van der Waals surface area contributed by atoms with E-state index < -0.39 is 5.97 Å². The maximum absolute atomic E-state index is 12.6. The summed E-state index contributed by atoms with van der Waals surface area (Å²) in [5.41, 5.74) is 0.828. The third-order valence-electron chi connectivity index (χ3n) is 3.83. The molecule has 0 amide bonds. The number of thiophene rings is 1. The summed E-state index contributed by atoms with van der Waals surface area (Å²) >= 11 is 1.47. The summed E-state index contributed by atoms with van der Waals surface area (Å²) < 4.78 is 6.48. The second-order valence-electron chi connectivity index (χ2n) is 6.28. The predicted molar refractivity (Wildman–Crippen MR) is 99.7 cm³/mol. The van der Waals surface area contributed by atoms with E-state index in [1.54, 1.807) is 0 Å². The van der Waals surface area contributed by atoms with Crippen LogP contribution in [0.1, 0.15) is 20.3 Å². The second kappa shape index (κ2) is 7.61. The Bertz CT molecular complexity index is 929. The maximum Gasteiger partial charge on any atom is 0.326 e. The minimum Gasteiger partial charge on any atom is -0.464 e. The van der Waals surface area contributed by atoms with Crippen LogP contribution in [0.3, 0.4) is 0 Å². The number of esters is 1. The standard InChI is InChI=1S/C19H20N2O3S/c1-13(2)8-9-24-17(22)11-21-12-20-18-15(19(21)23)10-16(25-18)14-6-4-3-5-7-14/h3-7,10,12-13H,8-9,11H2,1-2H3. The molecule has 5 nitrogen and oxygen atoms in total. The first kappa shape index (κ1) is 17.4. The van der Waals surface area contributed by atoms with Crippen LogP contribution in [-0.4, -0.2) is 22.1 Å². The van der Waals surface area contributed by atoms with Crippen molar-refractivity contribution in [2.45, 2.75) is 26.8 Å². The molecule has 3 aromatic rings. The molecular weight excluding hydrogens is 336 g/mol. The first-order chi connectivity index (χ1) is 12.0. The maximum atomic E-state index is 12.6. The fraction of sp³-hybridized carbons (Fsp3) is 0.316. The highest BCUT2D eigenvalue weighted by atomic mass is 32.1. The molecule has 130 valence electrons. The number of hydrogen-bond acceptors (Lipinski definition) is 5. The van der Waals surface area contributed by atoms with Gasteiger partial charge in [0.25, 0.3) is 5.56 Å². The number of rotatable bonds is 6. The van der Waals surface area contributed by atoms with Crippen molar-refractivity contribution in [3.05, 3.63) is 53.1 Å². The number of nitrogens with zero attached hydrogens (tertiary/aromatic N) is 2. The van der Waals surface area contributed by atoms with Crippen LogP contribution in [0.2, 0.25) is 0 Å². The van der Waals surface area contributed by atoms with Crippen molar-refractivity contribution in [2.24, 2.45) is 5.92 Å². The molecule has 0 atom stereocenters. The number of fused-ring (bicyclic) bond motifs is 1. The molecule has 0 saturated heterocycles. The van der Waals surface area contributed by atoms with Crippen molar-refractivity contribution in [1.82, 2.24) is 9.55 Å². The third kappa shape index (κ3) is 4.14. The Labute approximate surface area is 149 Å². The molecule has 0 aliphatic carbocycles. The number of ether oxygens (including phenoxy) is 1. The summed E-state index contributed by atoms with van der Waals surface area (Å²) in [6.45, 7) is 4.39. The first-order valence-electron chi connectivity index (χ1n) is 8.24. The van der Waals surface area contributed by atoms with E-state index in [1.165, 1.54) is 22.2 Å². The van der Waals surface area contributed by atoms with E-state index in [0.717, 1.165) is 16.9 Å². The summed E-state index contributed by atoms with van der Waals surface area (Å²) in [7, 11) is 0. The summed E-state index contributed by atoms with van der Waals surface area (Å²) in [5, 5.41) is 0.529. The van der Waals surface area contributed by atoms with Gasteiger partial charge < -0.3 is 4.74 Å². The van der Waals surface area contributed by atoms with Gasteiger partial charge in [-0.05, 0) is 24.0 Å². The smallest absolute Gasteiger partial charge is 0.326 e. The summed E-state index contributed by atoms with van der Waals surface area (Å²) in [4.78, 5) is 30.5. The van der Waals surface area contributed by atoms with Gasteiger partial charge in [-0.15, -0.1) is 11.3 Å². The molecular formula is C19H20N2O3S. The van der Waals surface area contributed by atoms with Crippen LogP contribution in [0.4, 0.5) is 0 Å². The molecule has 2 aromatic heterocycles. The monoisotopic (exact) mass is 356 g/mol. The van der Waals surface area contributed by atoms with E-state index in [4.69, 9.17) is 4.74 Å². The number of carbonyl (C=O) groups excluding carboxylic acids is 1. The van der Waals surface area contributed by atoms with Crippen molar-refractivity contribution in [3.8, 4) is 10.4 Å². The lowest BCUT2D eigenvalue weighted by molar-refractivity contribution is -0.144. The van der Waals surface area contributed by atoms with E-state index >= 15 is 0 Å². The summed E-state index contributed by atoms with van der Waals surface area (Å²) in [5.74, 6) is 0.0539. The summed E-state index contributed by atoms with van der Waals surface area (Å²) in [6, 6.07) is 11.7. The predicted octanol–water partition coefficient (Wildman–Crippen LogP) is 3.71. The highest BCUT2D eigenvalue weighted by Gasteiger charge is 2.13. The first-order valence-corrected chi connectivity index (χ1v) is 9.06. The van der Waals surface area contributed by atoms with E-state index in [2.05, 4.69) is 18.8 Å². The molecule has 3 rings (SSSR count). The molecule has 25 heavy (non-hydrogen) atoms. The Morgan fingerprint density at radius 2 is 2.04 bits per heavy atom. The fourth-order valence-electron chi connectivity index (χ4n) is 2.41. The molecule has 0 saturated carbocycles. The van der Waals surface area contributed by atoms with E-state index in [9.17, 15) is 9.59 Å². The number of benzene rings is 1. The van der Waals surface area contributed by atoms with E-state index in [-0.39, 0.29) is 12.1 Å². The molecule has 0 N–H and O–H groups in total. The molecule has 0 bridgehead atoms. The zero-order valence-electron chi connectivity index (χ0n) is 14.3. The normalized spacial score (nSPS) is 11.2. The minimum atomic E-state index is -0.414. The number of aromatic nitrogens is 2. The lowest BCUT2D eigenvalue weighted by Gasteiger charge is -2.08. The fourth-order valence-corrected chi connectivity index (χ4v) is 3.41. The molecule has 1 aromatic carbocycles. The van der Waals surface area contributed by atoms with Gasteiger partial charge in [0.15, 0.2) is 0 Å². The SMILES string of the molecule is CC(C)CCOC(=O)Cn1cnc2sc(-c3ccccc3)cc2c1=O. The van der Waals surface area contributed by atoms with Gasteiger partial charge in [-0.25, -0.2) is 4.98 Å². The van der Waals surface area contributed by atoms with Gasteiger partial charge in [0.1, 0.15) is 11.4 Å². The highest BCUT2D eigenvalue weighted by Crippen LogP contribution is 2.30. The molecule has 0 spiro atoms. The second-order valence-corrected chi connectivity index (χ2v) is 7.31. The molecule has 0 radical (unpaired) electrons. The Hall–Kier alpha value is -2.47.